The van der Waals surface area contributed by atoms with Crippen molar-refractivity contribution in [2.45, 2.75) is 38.5 Å². The molecule has 1 heterocycles. The van der Waals surface area contributed by atoms with E-state index in [0.717, 1.165) is 22.7 Å². The fraction of sp³-hybridized carbons (Fsp3) is 0.0938. The first-order valence-electron chi connectivity index (χ1n) is 23.3. The van der Waals surface area contributed by atoms with Gasteiger partial charge in [0.2, 0.25) is 0 Å². The van der Waals surface area contributed by atoms with Crippen LogP contribution < -0.4 is 4.90 Å². The van der Waals surface area contributed by atoms with E-state index < -0.39 is 0 Å². The van der Waals surface area contributed by atoms with Gasteiger partial charge in [-0.15, -0.1) is 0 Å². The van der Waals surface area contributed by atoms with Gasteiger partial charge in [-0.2, -0.15) is 0 Å². The zero-order valence-electron chi connectivity index (χ0n) is 37.7. The molecule has 0 amide bonds. The van der Waals surface area contributed by atoms with E-state index in [1.54, 1.807) is 0 Å². The lowest BCUT2D eigenvalue weighted by Crippen LogP contribution is -2.18. The van der Waals surface area contributed by atoms with Gasteiger partial charge in [0.15, 0.2) is 0 Å². The average Bonchev–Trinajstić information content (AvgIpc) is 3.91. The van der Waals surface area contributed by atoms with Crippen LogP contribution in [0, 0.1) is 0 Å². The molecular weight excluding hydrogens is 797 g/mol. The van der Waals surface area contributed by atoms with Crippen molar-refractivity contribution >= 4 is 49.6 Å². The Labute approximate surface area is 386 Å². The Morgan fingerprint density at radius 2 is 0.894 bits per heavy atom. The first kappa shape index (κ1) is 38.5. The van der Waals surface area contributed by atoms with E-state index in [4.69, 9.17) is 0 Å². The Morgan fingerprint density at radius 3 is 1.56 bits per heavy atom. The molecule has 11 aromatic rings. The van der Waals surface area contributed by atoms with Crippen molar-refractivity contribution in [1.29, 1.82) is 0 Å². The first-order valence-corrected chi connectivity index (χ1v) is 23.3. The lowest BCUT2D eigenvalue weighted by molar-refractivity contribution is 0.660. The molecule has 1 aromatic heterocycles. The number of fused-ring (bicyclic) bond motifs is 11. The second kappa shape index (κ2) is 14.3. The van der Waals surface area contributed by atoms with E-state index in [2.05, 4.69) is 256 Å². The molecule has 13 rings (SSSR count). The first-order chi connectivity index (χ1) is 32.3. The minimum Gasteiger partial charge on any atom is -0.310 e. The maximum absolute atomic E-state index is 2.52. The summed E-state index contributed by atoms with van der Waals surface area (Å²) >= 11 is 0. The molecule has 0 bridgehead atoms. The molecule has 0 radical (unpaired) electrons. The largest absolute Gasteiger partial charge is 0.310 e. The van der Waals surface area contributed by atoms with Crippen LogP contribution in [-0.2, 0) is 10.8 Å². The minimum absolute atomic E-state index is 0.144. The molecule has 0 atom stereocenters. The van der Waals surface area contributed by atoms with Crippen molar-refractivity contribution in [2.24, 2.45) is 0 Å². The summed E-state index contributed by atoms with van der Waals surface area (Å²) < 4.78 is 2.44. The van der Waals surface area contributed by atoms with Crippen LogP contribution in [0.3, 0.4) is 0 Å². The molecule has 0 saturated heterocycles. The third kappa shape index (κ3) is 5.61. The van der Waals surface area contributed by atoms with Crippen LogP contribution >= 0.6 is 0 Å². The molecule has 0 spiro atoms. The number of rotatable bonds is 6. The van der Waals surface area contributed by atoms with E-state index in [1.165, 1.54) is 99.3 Å². The standard InChI is InChI=1S/C64H48N2/c1-63(2)55-25-15-13-23-49(55)51-33-30-46(39-57(51)63)65(47-31-34-52-50-24-14-16-26-56(50)64(3,4)58(52)40-47)59-35-29-43(37-54(59)41-17-7-5-8-18-41)44-27-32-53-61(38-44)66(45-20-9-6-10-21-45)60-36-28-42-19-11-12-22-48(42)62(53)60/h5-40H,1-4H3. The van der Waals surface area contributed by atoms with Gasteiger partial charge >= 0.3 is 0 Å². The van der Waals surface area contributed by atoms with Crippen LogP contribution in [0.4, 0.5) is 17.1 Å². The lowest BCUT2D eigenvalue weighted by atomic mass is 9.82. The van der Waals surface area contributed by atoms with Gasteiger partial charge in [0.25, 0.3) is 0 Å². The number of nitrogens with zero attached hydrogens (tertiary/aromatic N) is 2. The van der Waals surface area contributed by atoms with Crippen LogP contribution in [0.25, 0.3) is 82.8 Å². The summed E-state index contributed by atoms with van der Waals surface area (Å²) in [7, 11) is 0. The maximum atomic E-state index is 2.52. The number of para-hydroxylation sites is 1. The lowest BCUT2D eigenvalue weighted by Gasteiger charge is -2.31. The quantitative estimate of drug-likeness (QED) is 0.162. The maximum Gasteiger partial charge on any atom is 0.0547 e. The van der Waals surface area contributed by atoms with Gasteiger partial charge in [-0.1, -0.05) is 185 Å². The van der Waals surface area contributed by atoms with Crippen LogP contribution in [-0.4, -0.2) is 4.57 Å². The molecule has 0 saturated carbocycles. The predicted octanol–water partition coefficient (Wildman–Crippen LogP) is 17.4. The minimum atomic E-state index is -0.144. The van der Waals surface area contributed by atoms with E-state index in [1.807, 2.05) is 0 Å². The Balaban J connectivity index is 1.04. The molecule has 10 aromatic carbocycles. The smallest absolute Gasteiger partial charge is 0.0547 e. The van der Waals surface area contributed by atoms with Gasteiger partial charge in [0.1, 0.15) is 0 Å². The van der Waals surface area contributed by atoms with Gasteiger partial charge in [0.05, 0.1) is 16.7 Å². The van der Waals surface area contributed by atoms with Gasteiger partial charge < -0.3 is 9.47 Å². The van der Waals surface area contributed by atoms with Crippen molar-refractivity contribution in [3.8, 4) is 50.2 Å². The van der Waals surface area contributed by atoms with Crippen LogP contribution in [0.5, 0.6) is 0 Å². The van der Waals surface area contributed by atoms with Crippen molar-refractivity contribution in [2.75, 3.05) is 4.90 Å². The fourth-order valence-electron chi connectivity index (χ4n) is 11.7. The number of hydrogen-bond acceptors (Lipinski definition) is 1. The van der Waals surface area contributed by atoms with Crippen molar-refractivity contribution in [1.82, 2.24) is 4.57 Å². The second-order valence-electron chi connectivity index (χ2n) is 19.3. The van der Waals surface area contributed by atoms with E-state index in [0.29, 0.717) is 0 Å². The summed E-state index contributed by atoms with van der Waals surface area (Å²) in [5, 5.41) is 5.07. The number of hydrogen-bond donors (Lipinski definition) is 0. The molecule has 2 aliphatic carbocycles. The zero-order valence-corrected chi connectivity index (χ0v) is 37.7. The molecule has 2 nitrogen and oxygen atoms in total. The molecule has 2 aliphatic rings. The average molecular weight is 845 g/mol. The van der Waals surface area contributed by atoms with Gasteiger partial charge in [-0.3, -0.25) is 0 Å². The highest BCUT2D eigenvalue weighted by Gasteiger charge is 2.38. The Bertz CT molecular complexity index is 3650. The predicted molar refractivity (Wildman–Crippen MR) is 279 cm³/mol. The van der Waals surface area contributed by atoms with Crippen LogP contribution in [0.15, 0.2) is 218 Å². The second-order valence-corrected chi connectivity index (χ2v) is 19.3. The summed E-state index contributed by atoms with van der Waals surface area (Å²) in [4.78, 5) is 2.52. The SMILES string of the molecule is CC1(C)c2ccccc2-c2ccc(N(c3ccc4c(c3)C(C)(C)c3ccccc3-4)c3ccc(-c4ccc5c6c7ccccc7ccc6n(-c6ccccc6)c5c4)cc3-c3ccccc3)cc21. The highest BCUT2D eigenvalue weighted by atomic mass is 15.1. The molecule has 0 unspecified atom stereocenters. The summed E-state index contributed by atoms with van der Waals surface area (Å²) in [6.07, 6.45) is 0. The molecule has 0 aliphatic heterocycles. The molecular formula is C64H48N2. The van der Waals surface area contributed by atoms with E-state index >= 15 is 0 Å². The Morgan fingerprint density at radius 1 is 0.348 bits per heavy atom. The van der Waals surface area contributed by atoms with Crippen molar-refractivity contribution in [3.63, 3.8) is 0 Å². The molecule has 0 fully saturated rings. The van der Waals surface area contributed by atoms with E-state index in [-0.39, 0.29) is 10.8 Å². The van der Waals surface area contributed by atoms with Gasteiger partial charge in [0, 0.05) is 44.2 Å². The number of aromatic nitrogens is 1. The zero-order chi connectivity index (χ0) is 44.3. The third-order valence-electron chi connectivity index (χ3n) is 15.0. The van der Waals surface area contributed by atoms with Crippen LogP contribution in [0.2, 0.25) is 0 Å². The molecule has 314 valence electrons. The van der Waals surface area contributed by atoms with Crippen LogP contribution in [0.1, 0.15) is 49.9 Å². The monoisotopic (exact) mass is 844 g/mol. The number of benzene rings is 10. The molecule has 66 heavy (non-hydrogen) atoms. The van der Waals surface area contributed by atoms with Crippen molar-refractivity contribution < 1.29 is 0 Å². The fourth-order valence-corrected chi connectivity index (χ4v) is 11.7. The number of anilines is 3. The van der Waals surface area contributed by atoms with E-state index in [9.17, 15) is 0 Å². The summed E-state index contributed by atoms with van der Waals surface area (Å²) in [6, 6.07) is 81.5. The highest BCUT2D eigenvalue weighted by Crippen LogP contribution is 2.54. The highest BCUT2D eigenvalue weighted by molar-refractivity contribution is 6.21. The summed E-state index contributed by atoms with van der Waals surface area (Å²) in [5.41, 5.74) is 22.2. The Hall–Kier alpha value is -7.94. The normalized spacial score (nSPS) is 14.0. The molecule has 2 heteroatoms. The summed E-state index contributed by atoms with van der Waals surface area (Å²) in [6.45, 7) is 9.51. The topological polar surface area (TPSA) is 8.17 Å². The van der Waals surface area contributed by atoms with Crippen molar-refractivity contribution in [3.05, 3.63) is 241 Å². The third-order valence-corrected chi connectivity index (χ3v) is 15.0. The summed E-state index contributed by atoms with van der Waals surface area (Å²) in [5.74, 6) is 0. The van der Waals surface area contributed by atoms with Gasteiger partial charge in [-0.25, -0.2) is 0 Å². The van der Waals surface area contributed by atoms with Gasteiger partial charge in [-0.05, 0) is 133 Å². The Kier molecular flexibility index (Phi) is 8.33. The molecule has 0 N–H and O–H groups in total.